The van der Waals surface area contributed by atoms with Crippen molar-refractivity contribution in [3.63, 3.8) is 0 Å². The van der Waals surface area contributed by atoms with Crippen molar-refractivity contribution in [1.29, 1.82) is 0 Å². The van der Waals surface area contributed by atoms with E-state index in [1.54, 1.807) is 0 Å². The average Bonchev–Trinajstić information content (AvgIpc) is 2.41. The lowest BCUT2D eigenvalue weighted by atomic mass is 10.0. The summed E-state index contributed by atoms with van der Waals surface area (Å²) in [5.74, 6) is 1.55. The summed E-state index contributed by atoms with van der Waals surface area (Å²) in [7, 11) is 0. The number of nitrogens with two attached hydrogens (primary N) is 1. The highest BCUT2D eigenvalue weighted by molar-refractivity contribution is 5.29. The molecule has 1 aromatic rings. The zero-order valence-corrected chi connectivity index (χ0v) is 12.6. The summed E-state index contributed by atoms with van der Waals surface area (Å²) in [5.41, 5.74) is 7.65. The Hall–Kier alpha value is -1.09. The van der Waals surface area contributed by atoms with Crippen LogP contribution in [0.3, 0.4) is 0 Å². The molecule has 1 aromatic heterocycles. The molecule has 19 heavy (non-hydrogen) atoms. The molecule has 0 saturated heterocycles. The van der Waals surface area contributed by atoms with Crippen LogP contribution in [0.15, 0.2) is 12.1 Å². The van der Waals surface area contributed by atoms with Crippen LogP contribution < -0.4 is 10.5 Å². The van der Waals surface area contributed by atoms with Gasteiger partial charge in [-0.3, -0.25) is 4.98 Å². The van der Waals surface area contributed by atoms with Crippen LogP contribution >= 0.6 is 0 Å². The maximum atomic E-state index is 5.98. The van der Waals surface area contributed by atoms with Crippen LogP contribution in [0.2, 0.25) is 0 Å². The van der Waals surface area contributed by atoms with Crippen molar-refractivity contribution >= 4 is 0 Å². The molecular formula is C16H28N2O. The van der Waals surface area contributed by atoms with E-state index in [2.05, 4.69) is 18.8 Å². The smallest absolute Gasteiger partial charge is 0.140 e. The van der Waals surface area contributed by atoms with Gasteiger partial charge in [-0.25, -0.2) is 0 Å². The molecule has 1 heterocycles. The summed E-state index contributed by atoms with van der Waals surface area (Å²) < 4.78 is 5.98. The van der Waals surface area contributed by atoms with Crippen LogP contribution in [-0.2, 0) is 6.42 Å². The van der Waals surface area contributed by atoms with E-state index in [9.17, 15) is 0 Å². The Morgan fingerprint density at radius 3 is 2.74 bits per heavy atom. The molecule has 3 nitrogen and oxygen atoms in total. The van der Waals surface area contributed by atoms with Crippen molar-refractivity contribution in [1.82, 2.24) is 4.98 Å². The molecule has 108 valence electrons. The number of ether oxygens (including phenoxy) is 1. The van der Waals surface area contributed by atoms with Gasteiger partial charge in [0.1, 0.15) is 5.75 Å². The summed E-state index contributed by atoms with van der Waals surface area (Å²) in [6, 6.07) is 4.03. The number of unbranched alkanes of at least 4 members (excludes halogenated alkanes) is 1. The van der Waals surface area contributed by atoms with Gasteiger partial charge in [-0.15, -0.1) is 0 Å². The van der Waals surface area contributed by atoms with Gasteiger partial charge < -0.3 is 10.5 Å². The molecule has 2 N–H and O–H groups in total. The summed E-state index contributed by atoms with van der Waals surface area (Å²) in [4.78, 5) is 4.52. The Morgan fingerprint density at radius 1 is 1.32 bits per heavy atom. The van der Waals surface area contributed by atoms with Gasteiger partial charge in [-0.2, -0.15) is 0 Å². The number of aryl methyl sites for hydroxylation is 1. The van der Waals surface area contributed by atoms with E-state index >= 15 is 0 Å². The molecule has 1 unspecified atom stereocenters. The number of rotatable bonds is 9. The molecule has 1 atom stereocenters. The lowest BCUT2D eigenvalue weighted by Crippen LogP contribution is -2.14. The molecular weight excluding hydrogens is 236 g/mol. The molecule has 0 aliphatic carbocycles. The third kappa shape index (κ3) is 5.60. The largest absolute Gasteiger partial charge is 0.491 e. The molecule has 0 aromatic carbocycles. The molecule has 0 radical (unpaired) electrons. The summed E-state index contributed by atoms with van der Waals surface area (Å²) >= 11 is 0. The molecule has 3 heteroatoms. The topological polar surface area (TPSA) is 48.1 Å². The zero-order valence-electron chi connectivity index (χ0n) is 12.6. The first-order valence-electron chi connectivity index (χ1n) is 7.50. The molecule has 0 aliphatic rings. The minimum Gasteiger partial charge on any atom is -0.491 e. The van der Waals surface area contributed by atoms with E-state index in [1.165, 1.54) is 25.7 Å². The second-order valence-corrected chi connectivity index (χ2v) is 5.16. The molecule has 0 spiro atoms. The van der Waals surface area contributed by atoms with E-state index in [-0.39, 0.29) is 0 Å². The number of aromatic nitrogens is 1. The fourth-order valence-corrected chi connectivity index (χ4v) is 2.15. The average molecular weight is 264 g/mol. The van der Waals surface area contributed by atoms with Crippen LogP contribution in [-0.4, -0.2) is 18.1 Å². The predicted octanol–water partition coefficient (Wildman–Crippen LogP) is 3.49. The lowest BCUT2D eigenvalue weighted by Gasteiger charge is -2.17. The van der Waals surface area contributed by atoms with Gasteiger partial charge in [0.15, 0.2) is 0 Å². The van der Waals surface area contributed by atoms with Crippen LogP contribution in [0.5, 0.6) is 5.75 Å². The van der Waals surface area contributed by atoms with Gasteiger partial charge in [0, 0.05) is 12.1 Å². The van der Waals surface area contributed by atoms with E-state index < -0.39 is 0 Å². The summed E-state index contributed by atoms with van der Waals surface area (Å²) in [5, 5.41) is 0. The highest BCUT2D eigenvalue weighted by Gasteiger charge is 2.10. The second kappa shape index (κ2) is 8.92. The maximum absolute atomic E-state index is 5.98. The Bertz CT molecular complexity index is 366. The quantitative estimate of drug-likeness (QED) is 0.742. The maximum Gasteiger partial charge on any atom is 0.140 e. The number of pyridine rings is 1. The highest BCUT2D eigenvalue weighted by atomic mass is 16.5. The van der Waals surface area contributed by atoms with Gasteiger partial charge in [0.25, 0.3) is 0 Å². The molecule has 0 saturated carbocycles. The first-order valence-corrected chi connectivity index (χ1v) is 7.50. The fourth-order valence-electron chi connectivity index (χ4n) is 2.15. The van der Waals surface area contributed by atoms with Gasteiger partial charge >= 0.3 is 0 Å². The Kier molecular flexibility index (Phi) is 7.49. The van der Waals surface area contributed by atoms with Crippen LogP contribution in [0, 0.1) is 12.8 Å². The first-order chi connectivity index (χ1) is 9.21. The SMILES string of the molecule is CCCCC(CC)COc1ccc(C)nc1CCN. The van der Waals surface area contributed by atoms with Crippen molar-refractivity contribution in [3.8, 4) is 5.75 Å². The van der Waals surface area contributed by atoms with Gasteiger partial charge in [0.2, 0.25) is 0 Å². The van der Waals surface area contributed by atoms with Crippen LogP contribution in [0.25, 0.3) is 0 Å². The summed E-state index contributed by atoms with van der Waals surface area (Å²) in [6.07, 6.45) is 5.73. The van der Waals surface area contributed by atoms with Crippen LogP contribution in [0.1, 0.15) is 50.9 Å². The van der Waals surface area contributed by atoms with Crippen LogP contribution in [0.4, 0.5) is 0 Å². The van der Waals surface area contributed by atoms with Gasteiger partial charge in [-0.05, 0) is 37.9 Å². The van der Waals surface area contributed by atoms with E-state index in [1.807, 2.05) is 19.1 Å². The van der Waals surface area contributed by atoms with Gasteiger partial charge in [0.05, 0.1) is 12.3 Å². The summed E-state index contributed by atoms with van der Waals surface area (Å²) in [6.45, 7) is 7.87. The zero-order chi connectivity index (χ0) is 14.1. The normalized spacial score (nSPS) is 12.4. The molecule has 0 bridgehead atoms. The van der Waals surface area contributed by atoms with E-state index in [0.29, 0.717) is 12.5 Å². The van der Waals surface area contributed by atoms with E-state index in [0.717, 1.165) is 30.2 Å². The molecule has 1 rings (SSSR count). The molecule has 0 amide bonds. The lowest BCUT2D eigenvalue weighted by molar-refractivity contribution is 0.230. The number of nitrogens with zero attached hydrogens (tertiary/aromatic N) is 1. The Labute approximate surface area is 117 Å². The minimum atomic E-state index is 0.611. The third-order valence-corrected chi connectivity index (χ3v) is 3.47. The number of hydrogen-bond acceptors (Lipinski definition) is 3. The highest BCUT2D eigenvalue weighted by Crippen LogP contribution is 2.20. The second-order valence-electron chi connectivity index (χ2n) is 5.16. The standard InChI is InChI=1S/C16H28N2O/c1-4-6-7-14(5-2)12-19-16-9-8-13(3)18-15(16)10-11-17/h8-9,14H,4-7,10-12,17H2,1-3H3. The number of hydrogen-bond donors (Lipinski definition) is 1. The molecule has 0 fully saturated rings. The van der Waals surface area contributed by atoms with Gasteiger partial charge in [-0.1, -0.05) is 33.1 Å². The van der Waals surface area contributed by atoms with Crippen molar-refractivity contribution < 1.29 is 4.74 Å². The van der Waals surface area contributed by atoms with Crippen molar-refractivity contribution in [2.24, 2.45) is 11.7 Å². The van der Waals surface area contributed by atoms with Crippen molar-refractivity contribution in [2.75, 3.05) is 13.2 Å². The van der Waals surface area contributed by atoms with Crippen molar-refractivity contribution in [3.05, 3.63) is 23.5 Å². The van der Waals surface area contributed by atoms with Crippen molar-refractivity contribution in [2.45, 2.75) is 52.9 Å². The minimum absolute atomic E-state index is 0.611. The predicted molar refractivity (Wildman–Crippen MR) is 80.5 cm³/mol. The molecule has 0 aliphatic heterocycles. The fraction of sp³-hybridized carbons (Fsp3) is 0.688. The third-order valence-electron chi connectivity index (χ3n) is 3.47. The monoisotopic (exact) mass is 264 g/mol. The Balaban J connectivity index is 2.60. The Morgan fingerprint density at radius 2 is 2.11 bits per heavy atom. The van der Waals surface area contributed by atoms with E-state index in [4.69, 9.17) is 10.5 Å². The first kappa shape index (κ1) is 16.0.